The van der Waals surface area contributed by atoms with Gasteiger partial charge >= 0.3 is 6.18 Å². The molecule has 1 aromatic carbocycles. The number of nitrogens with one attached hydrogen (secondary N) is 1. The third-order valence-electron chi connectivity index (χ3n) is 5.30. The van der Waals surface area contributed by atoms with Crippen LogP contribution in [0.15, 0.2) is 48.0 Å². The Morgan fingerprint density at radius 3 is 2.52 bits per heavy atom. The van der Waals surface area contributed by atoms with E-state index in [-0.39, 0.29) is 24.0 Å². The molecule has 1 N–H and O–H groups in total. The predicted molar refractivity (Wildman–Crippen MR) is 127 cm³/mol. The molecule has 1 aliphatic rings. The van der Waals surface area contributed by atoms with E-state index in [2.05, 4.69) is 22.4 Å². The molecule has 31 heavy (non-hydrogen) atoms. The number of benzene rings is 1. The molecular weight excluding hydrogens is 520 g/mol. The fourth-order valence-electron chi connectivity index (χ4n) is 3.54. The summed E-state index contributed by atoms with van der Waals surface area (Å²) in [5.74, 6) is 0.747. The minimum Gasteiger partial charge on any atom is -0.357 e. The lowest BCUT2D eigenvalue weighted by Crippen LogP contribution is -2.56. The van der Waals surface area contributed by atoms with Crippen molar-refractivity contribution in [3.05, 3.63) is 54.1 Å². The highest BCUT2D eigenvalue weighted by atomic mass is 127. The Morgan fingerprint density at radius 1 is 1.19 bits per heavy atom. The Hall–Kier alpha value is -1.82. The second-order valence-corrected chi connectivity index (χ2v) is 7.47. The van der Waals surface area contributed by atoms with Gasteiger partial charge in [-0.15, -0.1) is 24.0 Å². The monoisotopic (exact) mass is 550 g/mol. The van der Waals surface area contributed by atoms with Crippen LogP contribution in [0.2, 0.25) is 0 Å². The van der Waals surface area contributed by atoms with Crippen molar-refractivity contribution < 1.29 is 13.2 Å². The van der Waals surface area contributed by atoms with E-state index in [9.17, 15) is 13.2 Å². The minimum atomic E-state index is -4.19. The highest BCUT2D eigenvalue weighted by molar-refractivity contribution is 14.0. The van der Waals surface area contributed by atoms with E-state index >= 15 is 0 Å². The van der Waals surface area contributed by atoms with Gasteiger partial charge in [-0.05, 0) is 25.0 Å². The van der Waals surface area contributed by atoms with Crippen molar-refractivity contribution in [2.45, 2.75) is 39.2 Å². The summed E-state index contributed by atoms with van der Waals surface area (Å²) in [4.78, 5) is 12.3. The molecule has 0 bridgehead atoms. The molecule has 0 saturated carbocycles. The van der Waals surface area contributed by atoms with Crippen LogP contribution in [0.3, 0.4) is 0 Å². The number of hydrogen-bond acceptors (Lipinski definition) is 3. The molecule has 0 aliphatic carbocycles. The molecule has 2 heterocycles. The quantitative estimate of drug-likeness (QED) is 0.340. The minimum absolute atomic E-state index is 0. The van der Waals surface area contributed by atoms with Gasteiger partial charge in [0.15, 0.2) is 5.96 Å². The van der Waals surface area contributed by atoms with Gasteiger partial charge in [-0.25, -0.2) is 9.98 Å². The Kier molecular flexibility index (Phi) is 9.60. The Morgan fingerprint density at radius 2 is 1.90 bits per heavy atom. The van der Waals surface area contributed by atoms with Gasteiger partial charge in [0.05, 0.1) is 12.9 Å². The van der Waals surface area contributed by atoms with Crippen LogP contribution in [0.5, 0.6) is 0 Å². The fraction of sp³-hybridized carbons (Fsp3) is 0.524. The van der Waals surface area contributed by atoms with Gasteiger partial charge in [-0.3, -0.25) is 4.90 Å². The lowest BCUT2D eigenvalue weighted by molar-refractivity contribution is -0.181. The number of imidazole rings is 1. The van der Waals surface area contributed by atoms with E-state index in [1.54, 1.807) is 12.5 Å². The van der Waals surface area contributed by atoms with Crippen molar-refractivity contribution in [1.82, 2.24) is 24.7 Å². The molecule has 0 spiro atoms. The number of rotatable bonds is 6. The second kappa shape index (κ2) is 11.7. The predicted octanol–water partition coefficient (Wildman–Crippen LogP) is 3.58. The maximum absolute atomic E-state index is 13.0. The second-order valence-electron chi connectivity index (χ2n) is 7.47. The molecule has 1 atom stereocenters. The van der Waals surface area contributed by atoms with Crippen LogP contribution in [0, 0.1) is 0 Å². The first-order valence-corrected chi connectivity index (χ1v) is 10.2. The van der Waals surface area contributed by atoms with Gasteiger partial charge in [-0.2, -0.15) is 13.2 Å². The van der Waals surface area contributed by atoms with Crippen LogP contribution in [0.1, 0.15) is 25.0 Å². The van der Waals surface area contributed by atoms with Crippen molar-refractivity contribution >= 4 is 29.9 Å². The molecule has 0 amide bonds. The summed E-state index contributed by atoms with van der Waals surface area (Å²) in [6.45, 7) is 6.96. The van der Waals surface area contributed by atoms with Gasteiger partial charge in [0.2, 0.25) is 0 Å². The number of alkyl halides is 3. The van der Waals surface area contributed by atoms with Crippen LogP contribution in [0.25, 0.3) is 0 Å². The Bertz CT molecular complexity index is 817. The molecule has 10 heteroatoms. The van der Waals surface area contributed by atoms with Crippen LogP contribution < -0.4 is 5.32 Å². The van der Waals surface area contributed by atoms with Crippen molar-refractivity contribution in [3.63, 3.8) is 0 Å². The number of guanidine groups is 1. The largest absolute Gasteiger partial charge is 0.403 e. The Labute approximate surface area is 198 Å². The topological polar surface area (TPSA) is 48.7 Å². The van der Waals surface area contributed by atoms with Crippen LogP contribution in [-0.4, -0.2) is 70.3 Å². The number of halogens is 4. The van der Waals surface area contributed by atoms with E-state index in [0.29, 0.717) is 39.3 Å². The summed E-state index contributed by atoms with van der Waals surface area (Å²) in [5, 5.41) is 3.27. The van der Waals surface area contributed by atoms with Crippen molar-refractivity contribution in [2.75, 3.05) is 32.7 Å². The van der Waals surface area contributed by atoms with Gasteiger partial charge in [-0.1, -0.05) is 24.3 Å². The first-order valence-electron chi connectivity index (χ1n) is 10.2. The first-order chi connectivity index (χ1) is 14.4. The van der Waals surface area contributed by atoms with E-state index < -0.39 is 12.2 Å². The highest BCUT2D eigenvalue weighted by Gasteiger charge is 2.41. The lowest BCUT2D eigenvalue weighted by atomic mass is 10.1. The number of aromatic nitrogens is 2. The smallest absolute Gasteiger partial charge is 0.357 e. The highest BCUT2D eigenvalue weighted by Crippen LogP contribution is 2.25. The molecule has 1 aromatic heterocycles. The normalized spacial score (nSPS) is 16.7. The number of nitrogens with zero attached hydrogens (tertiary/aromatic N) is 5. The third kappa shape index (κ3) is 7.37. The first kappa shape index (κ1) is 25.4. The zero-order chi connectivity index (χ0) is 21.6. The van der Waals surface area contributed by atoms with Crippen LogP contribution in [-0.2, 0) is 13.1 Å². The summed E-state index contributed by atoms with van der Waals surface area (Å²) in [6, 6.07) is 6.82. The average Bonchev–Trinajstić information content (AvgIpc) is 3.23. The van der Waals surface area contributed by atoms with E-state index in [0.717, 1.165) is 18.1 Å². The van der Waals surface area contributed by atoms with E-state index in [4.69, 9.17) is 4.99 Å². The molecule has 3 rings (SSSR count). The van der Waals surface area contributed by atoms with Crippen molar-refractivity contribution in [1.29, 1.82) is 0 Å². The Balaban J connectivity index is 0.00000341. The summed E-state index contributed by atoms with van der Waals surface area (Å²) in [5.41, 5.74) is 2.26. The summed E-state index contributed by atoms with van der Waals surface area (Å²) < 4.78 is 40.9. The summed E-state index contributed by atoms with van der Waals surface area (Å²) in [6.07, 6.45) is 1.27. The van der Waals surface area contributed by atoms with Gasteiger partial charge in [0.1, 0.15) is 6.04 Å². The molecule has 1 unspecified atom stereocenters. The third-order valence-corrected chi connectivity index (χ3v) is 5.30. The molecular formula is C21H30F3IN6. The van der Waals surface area contributed by atoms with Crippen molar-refractivity contribution in [3.8, 4) is 0 Å². The molecule has 0 radical (unpaired) electrons. The maximum Gasteiger partial charge on any atom is 0.403 e. The fourth-order valence-corrected chi connectivity index (χ4v) is 3.54. The molecule has 2 aromatic rings. The summed E-state index contributed by atoms with van der Waals surface area (Å²) >= 11 is 0. The molecule has 1 saturated heterocycles. The zero-order valence-corrected chi connectivity index (χ0v) is 20.2. The van der Waals surface area contributed by atoms with Crippen LogP contribution in [0.4, 0.5) is 13.2 Å². The molecule has 6 nitrogen and oxygen atoms in total. The van der Waals surface area contributed by atoms with Gasteiger partial charge in [0, 0.05) is 51.7 Å². The molecule has 1 fully saturated rings. The van der Waals surface area contributed by atoms with Gasteiger partial charge < -0.3 is 14.8 Å². The van der Waals surface area contributed by atoms with E-state index in [1.807, 2.05) is 34.7 Å². The van der Waals surface area contributed by atoms with Crippen molar-refractivity contribution in [2.24, 2.45) is 4.99 Å². The SMILES string of the molecule is CCNC(=NCc1cccc(Cn2ccnc2)c1)N1CCN(C(C)C(F)(F)F)CC1.I. The number of hydrogen-bond donors (Lipinski definition) is 1. The number of aliphatic imine (C=N–C) groups is 1. The number of piperazine rings is 1. The van der Waals surface area contributed by atoms with Gasteiger partial charge in [0.25, 0.3) is 0 Å². The van der Waals surface area contributed by atoms with Crippen LogP contribution >= 0.6 is 24.0 Å². The van der Waals surface area contributed by atoms with E-state index in [1.165, 1.54) is 17.4 Å². The zero-order valence-electron chi connectivity index (χ0n) is 17.8. The summed E-state index contributed by atoms with van der Waals surface area (Å²) in [7, 11) is 0. The standard InChI is InChI=1S/C21H29F3N6.HI/c1-3-26-20(30-11-9-29(10-12-30)17(2)21(22,23)24)27-14-18-5-4-6-19(13-18)15-28-8-7-25-16-28;/h4-8,13,16-17H,3,9-12,14-15H2,1-2H3,(H,26,27);1H. The molecule has 172 valence electrons. The maximum atomic E-state index is 13.0. The molecule has 1 aliphatic heterocycles. The average molecular weight is 550 g/mol. The lowest BCUT2D eigenvalue weighted by Gasteiger charge is -2.39.